The molecule has 0 aliphatic carbocycles. The van der Waals surface area contributed by atoms with Crippen molar-refractivity contribution in [1.29, 1.82) is 5.26 Å². The molecule has 0 atom stereocenters. The van der Waals surface area contributed by atoms with Crippen molar-refractivity contribution in [3.05, 3.63) is 23.3 Å². The van der Waals surface area contributed by atoms with E-state index in [-0.39, 0.29) is 5.41 Å². The Morgan fingerprint density at radius 3 is 2.50 bits per heavy atom. The topological polar surface area (TPSA) is 49.6 Å². The average Bonchev–Trinajstić information content (AvgIpc) is 2.15. The molecule has 0 aliphatic rings. The van der Waals surface area contributed by atoms with Crippen molar-refractivity contribution in [2.45, 2.75) is 39.5 Å². The number of aryl methyl sites for hydroxylation is 1. The van der Waals surface area contributed by atoms with Crippen LogP contribution < -0.4 is 0 Å². The number of nitriles is 1. The monoisotopic (exact) mass is 189 g/mol. The van der Waals surface area contributed by atoms with E-state index in [1.54, 1.807) is 6.20 Å². The summed E-state index contributed by atoms with van der Waals surface area (Å²) in [5.41, 5.74) is 1.32. The predicted molar refractivity (Wildman–Crippen MR) is 54.8 cm³/mol. The third kappa shape index (κ3) is 2.08. The summed E-state index contributed by atoms with van der Waals surface area (Å²) in [5.74, 6) is 0.728. The molecule has 0 aromatic carbocycles. The normalized spacial score (nSPS) is 11.1. The Bertz CT molecular complexity index is 369. The van der Waals surface area contributed by atoms with Gasteiger partial charge >= 0.3 is 0 Å². The third-order valence-corrected chi connectivity index (χ3v) is 2.02. The van der Waals surface area contributed by atoms with Crippen LogP contribution in [0.4, 0.5) is 0 Å². The molecule has 0 bridgehead atoms. The van der Waals surface area contributed by atoms with Crippen molar-refractivity contribution in [3.63, 3.8) is 0 Å². The van der Waals surface area contributed by atoms with Crippen LogP contribution in [0.5, 0.6) is 0 Å². The van der Waals surface area contributed by atoms with Crippen LogP contribution in [-0.2, 0) is 11.8 Å². The summed E-state index contributed by atoms with van der Waals surface area (Å²) in [6, 6.07) is 2.11. The zero-order chi connectivity index (χ0) is 10.8. The van der Waals surface area contributed by atoms with Crippen LogP contribution >= 0.6 is 0 Å². The first-order valence-corrected chi connectivity index (χ1v) is 4.75. The van der Waals surface area contributed by atoms with Gasteiger partial charge in [0.2, 0.25) is 0 Å². The highest BCUT2D eigenvalue weighted by molar-refractivity contribution is 5.30. The van der Waals surface area contributed by atoms with Crippen molar-refractivity contribution in [2.24, 2.45) is 0 Å². The van der Waals surface area contributed by atoms with Crippen LogP contribution in [0.3, 0.4) is 0 Å². The van der Waals surface area contributed by atoms with E-state index in [2.05, 4.69) is 16.0 Å². The van der Waals surface area contributed by atoms with E-state index in [1.165, 1.54) is 0 Å². The summed E-state index contributed by atoms with van der Waals surface area (Å²) in [6.07, 6.45) is 2.56. The largest absolute Gasteiger partial charge is 0.240 e. The lowest BCUT2D eigenvalue weighted by molar-refractivity contribution is 0.543. The van der Waals surface area contributed by atoms with Gasteiger partial charge in [0.25, 0.3) is 0 Å². The van der Waals surface area contributed by atoms with E-state index in [9.17, 15) is 0 Å². The average molecular weight is 189 g/mol. The standard InChI is InChI=1S/C11H15N3/c1-5-8-7-13-10(11(2,3)4)14-9(8)6-12/h7H,5H2,1-4H3. The maximum absolute atomic E-state index is 8.90. The maximum Gasteiger partial charge on any atom is 0.147 e. The third-order valence-electron chi connectivity index (χ3n) is 2.02. The minimum atomic E-state index is -0.0993. The van der Waals surface area contributed by atoms with Crippen LogP contribution in [-0.4, -0.2) is 9.97 Å². The second-order valence-corrected chi connectivity index (χ2v) is 4.28. The molecule has 3 heteroatoms. The molecule has 0 amide bonds. The Balaban J connectivity index is 3.23. The van der Waals surface area contributed by atoms with Crippen LogP contribution in [0, 0.1) is 11.3 Å². The van der Waals surface area contributed by atoms with Gasteiger partial charge in [0, 0.05) is 17.2 Å². The number of rotatable bonds is 1. The molecule has 1 rings (SSSR count). The first kappa shape index (κ1) is 10.6. The summed E-state index contributed by atoms with van der Waals surface area (Å²) in [7, 11) is 0. The van der Waals surface area contributed by atoms with Gasteiger partial charge in [-0.25, -0.2) is 9.97 Å². The molecule has 1 aromatic heterocycles. The molecule has 0 spiro atoms. The van der Waals surface area contributed by atoms with Crippen molar-refractivity contribution in [1.82, 2.24) is 9.97 Å². The molecule has 0 aliphatic heterocycles. The summed E-state index contributed by atoms with van der Waals surface area (Å²) in [5, 5.41) is 8.90. The lowest BCUT2D eigenvalue weighted by Crippen LogP contribution is -2.17. The molecular formula is C11H15N3. The molecular weight excluding hydrogens is 174 g/mol. The van der Waals surface area contributed by atoms with Gasteiger partial charge in [0.15, 0.2) is 0 Å². The SMILES string of the molecule is CCc1cnc(C(C)(C)C)nc1C#N. The van der Waals surface area contributed by atoms with E-state index in [0.29, 0.717) is 5.69 Å². The van der Waals surface area contributed by atoms with Gasteiger partial charge in [-0.2, -0.15) is 5.26 Å². The summed E-state index contributed by atoms with van der Waals surface area (Å²) in [4.78, 5) is 8.53. The first-order chi connectivity index (χ1) is 6.49. The van der Waals surface area contributed by atoms with Crippen molar-refractivity contribution in [2.75, 3.05) is 0 Å². The predicted octanol–water partition coefficient (Wildman–Crippen LogP) is 2.21. The van der Waals surface area contributed by atoms with Gasteiger partial charge in [-0.3, -0.25) is 0 Å². The van der Waals surface area contributed by atoms with E-state index < -0.39 is 0 Å². The van der Waals surface area contributed by atoms with Gasteiger partial charge in [0.1, 0.15) is 17.6 Å². The molecule has 0 saturated carbocycles. The second-order valence-electron chi connectivity index (χ2n) is 4.28. The Morgan fingerprint density at radius 1 is 1.43 bits per heavy atom. The molecule has 0 unspecified atom stereocenters. The molecule has 3 nitrogen and oxygen atoms in total. The Morgan fingerprint density at radius 2 is 2.07 bits per heavy atom. The summed E-state index contributed by atoms with van der Waals surface area (Å²) in [6.45, 7) is 8.11. The van der Waals surface area contributed by atoms with Crippen LogP contribution in [0.25, 0.3) is 0 Å². The Labute approximate surface area is 84.8 Å². The lowest BCUT2D eigenvalue weighted by Gasteiger charge is -2.16. The fraction of sp³-hybridized carbons (Fsp3) is 0.545. The number of nitrogens with zero attached hydrogens (tertiary/aromatic N) is 3. The minimum Gasteiger partial charge on any atom is -0.240 e. The molecule has 0 N–H and O–H groups in total. The lowest BCUT2D eigenvalue weighted by atomic mass is 9.95. The van der Waals surface area contributed by atoms with Gasteiger partial charge in [-0.05, 0) is 6.42 Å². The highest BCUT2D eigenvalue weighted by Gasteiger charge is 2.18. The van der Waals surface area contributed by atoms with E-state index in [1.807, 2.05) is 27.7 Å². The maximum atomic E-state index is 8.90. The highest BCUT2D eigenvalue weighted by Crippen LogP contribution is 2.18. The molecule has 0 fully saturated rings. The quantitative estimate of drug-likeness (QED) is 0.680. The van der Waals surface area contributed by atoms with Crippen molar-refractivity contribution >= 4 is 0 Å². The number of aromatic nitrogens is 2. The number of hydrogen-bond donors (Lipinski definition) is 0. The minimum absolute atomic E-state index is 0.0993. The highest BCUT2D eigenvalue weighted by atomic mass is 14.9. The van der Waals surface area contributed by atoms with Crippen LogP contribution in [0.15, 0.2) is 6.20 Å². The Hall–Kier alpha value is -1.43. The van der Waals surface area contributed by atoms with Crippen molar-refractivity contribution < 1.29 is 0 Å². The van der Waals surface area contributed by atoms with Gasteiger partial charge in [0.05, 0.1) is 0 Å². The second kappa shape index (κ2) is 3.75. The molecule has 1 heterocycles. The molecule has 14 heavy (non-hydrogen) atoms. The Kier molecular flexibility index (Phi) is 2.85. The first-order valence-electron chi connectivity index (χ1n) is 4.75. The molecule has 74 valence electrons. The summed E-state index contributed by atoms with van der Waals surface area (Å²) >= 11 is 0. The smallest absolute Gasteiger partial charge is 0.147 e. The van der Waals surface area contributed by atoms with Crippen molar-refractivity contribution in [3.8, 4) is 6.07 Å². The zero-order valence-electron chi connectivity index (χ0n) is 9.13. The van der Waals surface area contributed by atoms with E-state index in [0.717, 1.165) is 17.8 Å². The number of hydrogen-bond acceptors (Lipinski definition) is 3. The van der Waals surface area contributed by atoms with Gasteiger partial charge in [-0.1, -0.05) is 27.7 Å². The van der Waals surface area contributed by atoms with Crippen LogP contribution in [0.2, 0.25) is 0 Å². The molecule has 0 saturated heterocycles. The van der Waals surface area contributed by atoms with Gasteiger partial charge < -0.3 is 0 Å². The van der Waals surface area contributed by atoms with E-state index >= 15 is 0 Å². The summed E-state index contributed by atoms with van der Waals surface area (Å²) < 4.78 is 0. The van der Waals surface area contributed by atoms with Crippen LogP contribution in [0.1, 0.15) is 44.8 Å². The molecule has 1 aromatic rings. The van der Waals surface area contributed by atoms with E-state index in [4.69, 9.17) is 5.26 Å². The molecule has 0 radical (unpaired) electrons. The van der Waals surface area contributed by atoms with Gasteiger partial charge in [-0.15, -0.1) is 0 Å². The fourth-order valence-electron chi connectivity index (χ4n) is 1.12. The zero-order valence-corrected chi connectivity index (χ0v) is 9.13. The fourth-order valence-corrected chi connectivity index (χ4v) is 1.12.